The number of aromatic nitrogens is 1. The highest BCUT2D eigenvalue weighted by atomic mass is 15.1. The van der Waals surface area contributed by atoms with Gasteiger partial charge in [-0.1, -0.05) is 18.2 Å². The number of nitrogens with zero attached hydrogens (tertiary/aromatic N) is 2. The second-order valence-corrected chi connectivity index (χ2v) is 5.55. The van der Waals surface area contributed by atoms with Gasteiger partial charge in [0.05, 0.1) is 5.52 Å². The Morgan fingerprint density at radius 1 is 1.32 bits per heavy atom. The zero-order chi connectivity index (χ0) is 13.2. The number of para-hydroxylation sites is 1. The van der Waals surface area contributed by atoms with Crippen molar-refractivity contribution in [2.24, 2.45) is 11.7 Å². The predicted octanol–water partition coefficient (Wildman–Crippen LogP) is 2.80. The highest BCUT2D eigenvalue weighted by Crippen LogP contribution is 2.29. The van der Waals surface area contributed by atoms with Crippen LogP contribution < -0.4 is 10.6 Å². The first-order valence-corrected chi connectivity index (χ1v) is 7.10. The maximum absolute atomic E-state index is 6.08. The number of hydrogen-bond acceptors (Lipinski definition) is 3. The molecule has 3 heteroatoms. The third-order valence-corrected chi connectivity index (χ3v) is 4.17. The van der Waals surface area contributed by atoms with Crippen molar-refractivity contribution in [3.8, 4) is 0 Å². The molecule has 0 spiro atoms. The molecule has 2 heterocycles. The number of nitrogens with two attached hydrogens (primary N) is 1. The molecule has 1 saturated heterocycles. The fraction of sp³-hybridized carbons (Fsp3) is 0.438. The Morgan fingerprint density at radius 3 is 3.00 bits per heavy atom. The Balaban J connectivity index is 1.95. The van der Waals surface area contributed by atoms with Crippen LogP contribution in [0.5, 0.6) is 0 Å². The Morgan fingerprint density at radius 2 is 2.16 bits per heavy atom. The number of fused-ring (bicyclic) bond motifs is 1. The van der Waals surface area contributed by atoms with Crippen molar-refractivity contribution in [3.05, 3.63) is 36.5 Å². The first-order chi connectivity index (χ1) is 9.25. The monoisotopic (exact) mass is 255 g/mol. The number of anilines is 1. The first kappa shape index (κ1) is 12.4. The summed E-state index contributed by atoms with van der Waals surface area (Å²) in [6, 6.07) is 10.8. The van der Waals surface area contributed by atoms with Crippen LogP contribution in [0.1, 0.15) is 19.8 Å². The molecule has 19 heavy (non-hydrogen) atoms. The molecule has 2 atom stereocenters. The maximum atomic E-state index is 6.08. The lowest BCUT2D eigenvalue weighted by atomic mass is 9.91. The van der Waals surface area contributed by atoms with E-state index < -0.39 is 0 Å². The summed E-state index contributed by atoms with van der Waals surface area (Å²) in [7, 11) is 0. The van der Waals surface area contributed by atoms with Crippen LogP contribution in [0.25, 0.3) is 10.9 Å². The molecular formula is C16H21N3. The summed E-state index contributed by atoms with van der Waals surface area (Å²) in [6.45, 7) is 4.31. The second-order valence-electron chi connectivity index (χ2n) is 5.55. The smallest absolute Gasteiger partial charge is 0.0722 e. The van der Waals surface area contributed by atoms with Gasteiger partial charge >= 0.3 is 0 Å². The van der Waals surface area contributed by atoms with Crippen molar-refractivity contribution in [1.82, 2.24) is 4.98 Å². The molecule has 1 aliphatic heterocycles. The summed E-state index contributed by atoms with van der Waals surface area (Å²) in [5, 5.41) is 1.25. The highest BCUT2D eigenvalue weighted by molar-refractivity contribution is 5.91. The van der Waals surface area contributed by atoms with Crippen molar-refractivity contribution >= 4 is 16.6 Å². The predicted molar refractivity (Wildman–Crippen MR) is 80.3 cm³/mol. The average molecular weight is 255 g/mol. The summed E-state index contributed by atoms with van der Waals surface area (Å²) in [6.07, 6.45) is 4.38. The van der Waals surface area contributed by atoms with E-state index in [1.807, 2.05) is 12.3 Å². The normalized spacial score (nSPS) is 21.6. The number of hydrogen-bond donors (Lipinski definition) is 1. The van der Waals surface area contributed by atoms with Crippen LogP contribution in [0.3, 0.4) is 0 Å². The van der Waals surface area contributed by atoms with Gasteiger partial charge in [-0.15, -0.1) is 0 Å². The van der Waals surface area contributed by atoms with Gasteiger partial charge in [-0.05, 0) is 37.8 Å². The molecule has 0 amide bonds. The third kappa shape index (κ3) is 2.43. The number of rotatable bonds is 2. The largest absolute Gasteiger partial charge is 0.371 e. The van der Waals surface area contributed by atoms with Gasteiger partial charge in [-0.25, -0.2) is 0 Å². The molecule has 3 nitrogen and oxygen atoms in total. The van der Waals surface area contributed by atoms with E-state index in [4.69, 9.17) is 5.73 Å². The van der Waals surface area contributed by atoms with E-state index in [0.717, 1.165) is 18.6 Å². The standard InChI is InChI=1S/C16H21N3/c1-12(17)13-5-4-10-19(11-13)16-8-9-18-15-7-3-2-6-14(15)16/h2-3,6-9,12-13H,4-5,10-11,17H2,1H3. The molecule has 1 aliphatic rings. The van der Waals surface area contributed by atoms with Gasteiger partial charge in [-0.3, -0.25) is 4.98 Å². The van der Waals surface area contributed by atoms with Gasteiger partial charge in [-0.2, -0.15) is 0 Å². The Labute approximate surface area is 114 Å². The molecule has 1 aromatic carbocycles. The summed E-state index contributed by atoms with van der Waals surface area (Å²) >= 11 is 0. The number of pyridine rings is 1. The van der Waals surface area contributed by atoms with Gasteiger partial charge < -0.3 is 10.6 Å². The molecule has 0 radical (unpaired) electrons. The molecule has 2 aromatic rings. The second kappa shape index (κ2) is 5.17. The summed E-state index contributed by atoms with van der Waals surface area (Å²) in [5.41, 5.74) is 8.46. The zero-order valence-corrected chi connectivity index (χ0v) is 11.4. The Kier molecular flexibility index (Phi) is 3.38. The number of piperidine rings is 1. The molecule has 1 aromatic heterocycles. The minimum absolute atomic E-state index is 0.274. The SMILES string of the molecule is CC(N)C1CCCN(c2ccnc3ccccc23)C1. The zero-order valence-electron chi connectivity index (χ0n) is 11.4. The molecule has 2 N–H and O–H groups in total. The topological polar surface area (TPSA) is 42.1 Å². The Bertz CT molecular complexity index is 559. The van der Waals surface area contributed by atoms with Crippen molar-refractivity contribution in [2.75, 3.05) is 18.0 Å². The van der Waals surface area contributed by atoms with Gasteiger partial charge in [0.2, 0.25) is 0 Å². The van der Waals surface area contributed by atoms with E-state index in [1.54, 1.807) is 0 Å². The van der Waals surface area contributed by atoms with Crippen LogP contribution in [0.15, 0.2) is 36.5 Å². The lowest BCUT2D eigenvalue weighted by Gasteiger charge is -2.36. The minimum Gasteiger partial charge on any atom is -0.371 e. The lowest BCUT2D eigenvalue weighted by molar-refractivity contribution is 0.365. The van der Waals surface area contributed by atoms with E-state index in [2.05, 4.69) is 41.1 Å². The van der Waals surface area contributed by atoms with Crippen molar-refractivity contribution < 1.29 is 0 Å². The molecule has 100 valence electrons. The van der Waals surface area contributed by atoms with Crippen LogP contribution in [0.2, 0.25) is 0 Å². The van der Waals surface area contributed by atoms with Crippen molar-refractivity contribution in [1.29, 1.82) is 0 Å². The molecular weight excluding hydrogens is 234 g/mol. The van der Waals surface area contributed by atoms with Gasteiger partial charge in [0, 0.05) is 36.4 Å². The van der Waals surface area contributed by atoms with E-state index in [1.165, 1.54) is 23.9 Å². The maximum Gasteiger partial charge on any atom is 0.0722 e. The molecule has 0 saturated carbocycles. The minimum atomic E-state index is 0.274. The Hall–Kier alpha value is -1.61. The summed E-state index contributed by atoms with van der Waals surface area (Å²) in [4.78, 5) is 6.91. The molecule has 3 rings (SSSR count). The summed E-state index contributed by atoms with van der Waals surface area (Å²) in [5.74, 6) is 0.598. The van der Waals surface area contributed by atoms with E-state index >= 15 is 0 Å². The fourth-order valence-electron chi connectivity index (χ4n) is 3.01. The van der Waals surface area contributed by atoms with Gasteiger partial charge in [0.15, 0.2) is 0 Å². The van der Waals surface area contributed by atoms with Crippen molar-refractivity contribution in [3.63, 3.8) is 0 Å². The van der Waals surface area contributed by atoms with Crippen LogP contribution in [0, 0.1) is 5.92 Å². The van der Waals surface area contributed by atoms with Crippen LogP contribution in [-0.4, -0.2) is 24.1 Å². The van der Waals surface area contributed by atoms with E-state index in [9.17, 15) is 0 Å². The quantitative estimate of drug-likeness (QED) is 0.897. The molecule has 0 bridgehead atoms. The fourth-order valence-corrected chi connectivity index (χ4v) is 3.01. The third-order valence-electron chi connectivity index (χ3n) is 4.17. The molecule has 0 aliphatic carbocycles. The summed E-state index contributed by atoms with van der Waals surface area (Å²) < 4.78 is 0. The van der Waals surface area contributed by atoms with Crippen LogP contribution in [0.4, 0.5) is 5.69 Å². The van der Waals surface area contributed by atoms with Crippen molar-refractivity contribution in [2.45, 2.75) is 25.8 Å². The van der Waals surface area contributed by atoms with E-state index in [0.29, 0.717) is 5.92 Å². The molecule has 1 fully saturated rings. The average Bonchev–Trinajstić information content (AvgIpc) is 2.47. The highest BCUT2D eigenvalue weighted by Gasteiger charge is 2.23. The first-order valence-electron chi connectivity index (χ1n) is 7.10. The van der Waals surface area contributed by atoms with E-state index in [-0.39, 0.29) is 6.04 Å². The molecule has 2 unspecified atom stereocenters. The van der Waals surface area contributed by atoms with Gasteiger partial charge in [0.1, 0.15) is 0 Å². The lowest BCUT2D eigenvalue weighted by Crippen LogP contribution is -2.42. The number of benzene rings is 1. The van der Waals surface area contributed by atoms with Crippen LogP contribution >= 0.6 is 0 Å². The van der Waals surface area contributed by atoms with Crippen LogP contribution in [-0.2, 0) is 0 Å². The van der Waals surface area contributed by atoms with Gasteiger partial charge in [0.25, 0.3) is 0 Å².